The van der Waals surface area contributed by atoms with Crippen molar-refractivity contribution in [2.24, 2.45) is 11.1 Å². The maximum absolute atomic E-state index is 13.0. The van der Waals surface area contributed by atoms with E-state index in [2.05, 4.69) is 5.32 Å². The highest BCUT2D eigenvalue weighted by atomic mass is 35.5. The van der Waals surface area contributed by atoms with E-state index in [1.165, 1.54) is 4.88 Å². The van der Waals surface area contributed by atoms with Crippen molar-refractivity contribution in [2.75, 3.05) is 13.7 Å². The fraction of sp³-hybridized carbons (Fsp3) is 0.524. The molecule has 1 aliphatic carbocycles. The molecular formula is C21H30ClN3O2S. The SMILES string of the molecule is CCC(CC)(CN)C(=O)NC1CCCc2nc(-c3ccc(OC)cc3)sc21.Cl. The lowest BCUT2D eigenvalue weighted by Gasteiger charge is -2.32. The summed E-state index contributed by atoms with van der Waals surface area (Å²) < 4.78 is 5.24. The van der Waals surface area contributed by atoms with Crippen molar-refractivity contribution >= 4 is 29.7 Å². The molecule has 0 aliphatic heterocycles. The number of benzene rings is 1. The minimum atomic E-state index is -0.471. The number of fused-ring (bicyclic) bond motifs is 1. The van der Waals surface area contributed by atoms with Gasteiger partial charge in [-0.1, -0.05) is 13.8 Å². The van der Waals surface area contributed by atoms with E-state index >= 15 is 0 Å². The van der Waals surface area contributed by atoms with E-state index in [1.807, 2.05) is 38.1 Å². The van der Waals surface area contributed by atoms with Crippen molar-refractivity contribution in [3.63, 3.8) is 0 Å². The van der Waals surface area contributed by atoms with Gasteiger partial charge in [0.1, 0.15) is 10.8 Å². The number of methoxy groups -OCH3 is 1. The van der Waals surface area contributed by atoms with E-state index in [9.17, 15) is 4.79 Å². The van der Waals surface area contributed by atoms with E-state index < -0.39 is 5.41 Å². The number of halogens is 1. The van der Waals surface area contributed by atoms with E-state index in [4.69, 9.17) is 15.5 Å². The number of ether oxygens (including phenoxy) is 1. The summed E-state index contributed by atoms with van der Waals surface area (Å²) in [4.78, 5) is 19.0. The first kappa shape index (κ1) is 22.7. The molecular weight excluding hydrogens is 394 g/mol. The van der Waals surface area contributed by atoms with E-state index in [0.29, 0.717) is 6.54 Å². The molecule has 1 aromatic carbocycles. The van der Waals surface area contributed by atoms with Crippen LogP contribution >= 0.6 is 23.7 Å². The van der Waals surface area contributed by atoms with Crippen LogP contribution in [0.15, 0.2) is 24.3 Å². The molecule has 3 rings (SSSR count). The van der Waals surface area contributed by atoms with Crippen LogP contribution in [0.5, 0.6) is 5.75 Å². The molecule has 3 N–H and O–H groups in total. The monoisotopic (exact) mass is 423 g/mol. The molecule has 1 aliphatic rings. The molecule has 0 spiro atoms. The number of amides is 1. The predicted molar refractivity (Wildman–Crippen MR) is 117 cm³/mol. The second-order valence-corrected chi connectivity index (χ2v) is 8.20. The Hall–Kier alpha value is -1.63. The molecule has 1 aromatic heterocycles. The molecule has 0 saturated carbocycles. The lowest BCUT2D eigenvalue weighted by Crippen LogP contribution is -2.46. The summed E-state index contributed by atoms with van der Waals surface area (Å²) in [5.74, 6) is 0.912. The van der Waals surface area contributed by atoms with Gasteiger partial charge in [-0.25, -0.2) is 4.98 Å². The summed E-state index contributed by atoms with van der Waals surface area (Å²) in [6.45, 7) is 4.46. The molecule has 1 unspecified atom stereocenters. The smallest absolute Gasteiger partial charge is 0.227 e. The number of carbonyl (C=O) groups is 1. The van der Waals surface area contributed by atoms with Gasteiger partial charge in [-0.15, -0.1) is 23.7 Å². The quantitative estimate of drug-likeness (QED) is 0.687. The number of aromatic nitrogens is 1. The average Bonchev–Trinajstić information content (AvgIpc) is 3.15. The van der Waals surface area contributed by atoms with Crippen LogP contribution in [-0.4, -0.2) is 24.5 Å². The Balaban J connectivity index is 0.00000280. The number of hydrogen-bond acceptors (Lipinski definition) is 5. The first-order valence-corrected chi connectivity index (χ1v) is 10.5. The third-order valence-electron chi connectivity index (χ3n) is 5.82. The maximum Gasteiger partial charge on any atom is 0.227 e. The highest BCUT2D eigenvalue weighted by Gasteiger charge is 2.36. The summed E-state index contributed by atoms with van der Waals surface area (Å²) in [6, 6.07) is 8.00. The summed E-state index contributed by atoms with van der Waals surface area (Å²) in [7, 11) is 1.67. The van der Waals surface area contributed by atoms with E-state index in [1.54, 1.807) is 18.4 Å². The second-order valence-electron chi connectivity index (χ2n) is 7.17. The minimum Gasteiger partial charge on any atom is -0.497 e. The molecule has 7 heteroatoms. The minimum absolute atomic E-state index is 0. The third kappa shape index (κ3) is 4.34. The normalized spacial score (nSPS) is 16.1. The molecule has 1 heterocycles. The zero-order chi connectivity index (χ0) is 19.4. The number of thiazole rings is 1. The van der Waals surface area contributed by atoms with Crippen LogP contribution in [0.1, 0.15) is 56.1 Å². The Morgan fingerprint density at radius 2 is 2.00 bits per heavy atom. The highest BCUT2D eigenvalue weighted by Crippen LogP contribution is 2.39. The Morgan fingerprint density at radius 3 is 2.57 bits per heavy atom. The predicted octanol–water partition coefficient (Wildman–Crippen LogP) is 4.50. The fourth-order valence-corrected chi connectivity index (χ4v) is 4.88. The Kier molecular flexibility index (Phi) is 7.87. The van der Waals surface area contributed by atoms with Crippen LogP contribution in [0.4, 0.5) is 0 Å². The molecule has 5 nitrogen and oxygen atoms in total. The van der Waals surface area contributed by atoms with Crippen molar-refractivity contribution < 1.29 is 9.53 Å². The van der Waals surface area contributed by atoms with Crippen LogP contribution in [0.25, 0.3) is 10.6 Å². The van der Waals surface area contributed by atoms with Gasteiger partial charge in [0.2, 0.25) is 5.91 Å². The number of nitrogens with one attached hydrogen (secondary N) is 1. The van der Waals surface area contributed by atoms with Gasteiger partial charge in [-0.2, -0.15) is 0 Å². The zero-order valence-corrected chi connectivity index (χ0v) is 18.4. The largest absolute Gasteiger partial charge is 0.497 e. The van der Waals surface area contributed by atoms with Gasteiger partial charge >= 0.3 is 0 Å². The van der Waals surface area contributed by atoms with Gasteiger partial charge in [-0.05, 0) is 56.4 Å². The topological polar surface area (TPSA) is 77.2 Å². The van der Waals surface area contributed by atoms with Crippen LogP contribution < -0.4 is 15.8 Å². The first-order chi connectivity index (χ1) is 13.1. The molecule has 1 atom stereocenters. The summed E-state index contributed by atoms with van der Waals surface area (Å²) in [5.41, 5.74) is 7.68. The Morgan fingerprint density at radius 1 is 1.32 bits per heavy atom. The summed E-state index contributed by atoms with van der Waals surface area (Å²) in [6.07, 6.45) is 4.48. The van der Waals surface area contributed by atoms with E-state index in [-0.39, 0.29) is 24.4 Å². The van der Waals surface area contributed by atoms with E-state index in [0.717, 1.165) is 54.1 Å². The molecule has 1 amide bonds. The molecule has 0 bridgehead atoms. The van der Waals surface area contributed by atoms with Gasteiger partial charge in [0, 0.05) is 12.1 Å². The number of rotatable bonds is 7. The number of hydrogen-bond donors (Lipinski definition) is 2. The fourth-order valence-electron chi connectivity index (χ4n) is 3.68. The van der Waals surface area contributed by atoms with Crippen molar-refractivity contribution in [3.8, 4) is 16.3 Å². The highest BCUT2D eigenvalue weighted by molar-refractivity contribution is 7.15. The lowest BCUT2D eigenvalue weighted by atomic mass is 9.81. The van der Waals surface area contributed by atoms with Crippen LogP contribution in [0, 0.1) is 5.41 Å². The maximum atomic E-state index is 13.0. The molecule has 0 radical (unpaired) electrons. The number of carbonyl (C=O) groups excluding carboxylic acids is 1. The molecule has 28 heavy (non-hydrogen) atoms. The molecule has 0 fully saturated rings. The molecule has 154 valence electrons. The number of nitrogens with zero attached hydrogens (tertiary/aromatic N) is 1. The number of nitrogens with two attached hydrogens (primary N) is 1. The Labute approximate surface area is 177 Å². The van der Waals surface area contributed by atoms with Crippen LogP contribution in [0.2, 0.25) is 0 Å². The van der Waals surface area contributed by atoms with Crippen molar-refractivity contribution in [1.82, 2.24) is 10.3 Å². The standard InChI is InChI=1S/C21H29N3O2S.ClH/c1-4-21(5-2,13-22)20(25)24-17-8-6-7-16-18(17)27-19(23-16)14-9-11-15(26-3)12-10-14;/h9-12,17H,4-8,13,22H2,1-3H3,(H,24,25);1H. The van der Waals surface area contributed by atoms with Gasteiger partial charge < -0.3 is 15.8 Å². The van der Waals surface area contributed by atoms with Gasteiger partial charge in [-0.3, -0.25) is 4.79 Å². The van der Waals surface area contributed by atoms with Gasteiger partial charge in [0.15, 0.2) is 0 Å². The Bertz CT molecular complexity index is 779. The van der Waals surface area contributed by atoms with Gasteiger partial charge in [0.25, 0.3) is 0 Å². The second kappa shape index (κ2) is 9.72. The van der Waals surface area contributed by atoms with Crippen LogP contribution in [-0.2, 0) is 11.2 Å². The lowest BCUT2D eigenvalue weighted by molar-refractivity contribution is -0.131. The van der Waals surface area contributed by atoms with Crippen LogP contribution in [0.3, 0.4) is 0 Å². The van der Waals surface area contributed by atoms with Crippen molar-refractivity contribution in [1.29, 1.82) is 0 Å². The summed E-state index contributed by atoms with van der Waals surface area (Å²) >= 11 is 1.69. The van der Waals surface area contributed by atoms with Gasteiger partial charge in [0.05, 0.1) is 29.1 Å². The number of aryl methyl sites for hydroxylation is 1. The summed E-state index contributed by atoms with van der Waals surface area (Å²) in [5, 5.41) is 4.28. The van der Waals surface area contributed by atoms with Crippen molar-refractivity contribution in [2.45, 2.75) is 52.0 Å². The third-order valence-corrected chi connectivity index (χ3v) is 7.08. The first-order valence-electron chi connectivity index (χ1n) is 9.72. The molecule has 0 saturated heterocycles. The van der Waals surface area contributed by atoms with Crippen molar-refractivity contribution in [3.05, 3.63) is 34.8 Å². The average molecular weight is 424 g/mol. The molecule has 2 aromatic rings. The zero-order valence-electron chi connectivity index (χ0n) is 16.8.